The maximum absolute atomic E-state index is 9.66. The average Bonchev–Trinajstić information content (AvgIpc) is 2.03. The predicted molar refractivity (Wildman–Crippen MR) is 51.6 cm³/mol. The Bertz CT molecular complexity index is 273. The van der Waals surface area contributed by atoms with Crippen molar-refractivity contribution in [2.75, 3.05) is 20.6 Å². The molecule has 1 aromatic carbocycles. The molecule has 0 aliphatic rings. The Morgan fingerprint density at radius 3 is 2.62 bits per heavy atom. The lowest BCUT2D eigenvalue weighted by molar-refractivity contribution is 0.138. The summed E-state index contributed by atoms with van der Waals surface area (Å²) in [6, 6.07) is 6.69. The lowest BCUT2D eigenvalue weighted by Crippen LogP contribution is -2.19. The summed E-state index contributed by atoms with van der Waals surface area (Å²) in [5, 5.41) is 18.8. The lowest BCUT2D eigenvalue weighted by Gasteiger charge is -2.16. The molecule has 1 aromatic rings. The molecule has 0 aliphatic carbocycles. The van der Waals surface area contributed by atoms with Crippen molar-refractivity contribution in [2.45, 2.75) is 6.10 Å². The number of nitrogens with zero attached hydrogens (tertiary/aromatic N) is 1. The maximum atomic E-state index is 9.66. The van der Waals surface area contributed by atoms with Crippen molar-refractivity contribution in [3.05, 3.63) is 29.8 Å². The van der Waals surface area contributed by atoms with E-state index in [2.05, 4.69) is 0 Å². The van der Waals surface area contributed by atoms with Crippen LogP contribution in [-0.4, -0.2) is 35.8 Å². The molecule has 1 rings (SSSR count). The molecular weight excluding hydrogens is 166 g/mol. The lowest BCUT2D eigenvalue weighted by atomic mass is 10.1. The summed E-state index contributed by atoms with van der Waals surface area (Å²) in [6.45, 7) is 0.559. The summed E-state index contributed by atoms with van der Waals surface area (Å²) in [5.74, 6) is 0.190. The van der Waals surface area contributed by atoms with E-state index in [1.807, 2.05) is 19.0 Å². The van der Waals surface area contributed by atoms with E-state index >= 15 is 0 Å². The number of aliphatic hydroxyl groups excluding tert-OH is 1. The SMILES string of the molecule is CN(C)C[C@H](O)c1cccc(O)c1. The van der Waals surface area contributed by atoms with E-state index in [1.165, 1.54) is 0 Å². The fourth-order valence-electron chi connectivity index (χ4n) is 1.18. The van der Waals surface area contributed by atoms with Crippen LogP contribution in [0.25, 0.3) is 0 Å². The first kappa shape index (κ1) is 10.0. The van der Waals surface area contributed by atoms with Crippen molar-refractivity contribution in [3.8, 4) is 5.75 Å². The average molecular weight is 181 g/mol. The largest absolute Gasteiger partial charge is 0.508 e. The van der Waals surface area contributed by atoms with Gasteiger partial charge >= 0.3 is 0 Å². The summed E-state index contributed by atoms with van der Waals surface area (Å²) >= 11 is 0. The zero-order valence-electron chi connectivity index (χ0n) is 7.94. The molecule has 13 heavy (non-hydrogen) atoms. The first-order valence-electron chi connectivity index (χ1n) is 4.21. The van der Waals surface area contributed by atoms with Crippen molar-refractivity contribution in [2.24, 2.45) is 0 Å². The Hall–Kier alpha value is -1.06. The van der Waals surface area contributed by atoms with Crippen LogP contribution in [0, 0.1) is 0 Å². The predicted octanol–water partition coefficient (Wildman–Crippen LogP) is 0.987. The van der Waals surface area contributed by atoms with E-state index in [0.29, 0.717) is 6.54 Å². The highest BCUT2D eigenvalue weighted by atomic mass is 16.3. The molecule has 0 spiro atoms. The second-order valence-corrected chi connectivity index (χ2v) is 3.37. The highest BCUT2D eigenvalue weighted by Gasteiger charge is 2.08. The Balaban J connectivity index is 2.71. The molecule has 0 fully saturated rings. The van der Waals surface area contributed by atoms with Gasteiger partial charge in [-0.15, -0.1) is 0 Å². The summed E-state index contributed by atoms with van der Waals surface area (Å²) in [6.07, 6.45) is -0.540. The summed E-state index contributed by atoms with van der Waals surface area (Å²) < 4.78 is 0. The van der Waals surface area contributed by atoms with Gasteiger partial charge in [-0.25, -0.2) is 0 Å². The molecule has 1 atom stereocenters. The van der Waals surface area contributed by atoms with E-state index < -0.39 is 6.10 Å². The molecule has 0 radical (unpaired) electrons. The van der Waals surface area contributed by atoms with Gasteiger partial charge in [0.05, 0.1) is 6.10 Å². The zero-order valence-corrected chi connectivity index (χ0v) is 7.94. The van der Waals surface area contributed by atoms with Crippen molar-refractivity contribution >= 4 is 0 Å². The second kappa shape index (κ2) is 4.25. The fourth-order valence-corrected chi connectivity index (χ4v) is 1.18. The van der Waals surface area contributed by atoms with Crippen molar-refractivity contribution in [1.29, 1.82) is 0 Å². The number of benzene rings is 1. The van der Waals surface area contributed by atoms with Crippen LogP contribution in [0.15, 0.2) is 24.3 Å². The standard InChI is InChI=1S/C10H15NO2/c1-11(2)7-10(13)8-4-3-5-9(12)6-8/h3-6,10,12-13H,7H2,1-2H3/t10-/m0/s1. The van der Waals surface area contributed by atoms with Gasteiger partial charge in [-0.1, -0.05) is 12.1 Å². The molecule has 0 saturated heterocycles. The van der Waals surface area contributed by atoms with E-state index in [4.69, 9.17) is 0 Å². The monoisotopic (exact) mass is 181 g/mol. The highest BCUT2D eigenvalue weighted by molar-refractivity contribution is 5.28. The third-order valence-electron chi connectivity index (χ3n) is 1.79. The summed E-state index contributed by atoms with van der Waals surface area (Å²) in [4.78, 5) is 1.90. The van der Waals surface area contributed by atoms with Gasteiger partial charge in [0.25, 0.3) is 0 Å². The van der Waals surface area contributed by atoms with E-state index in [-0.39, 0.29) is 5.75 Å². The molecule has 0 aliphatic heterocycles. The van der Waals surface area contributed by atoms with Crippen LogP contribution in [0.4, 0.5) is 0 Å². The third kappa shape index (κ3) is 3.05. The minimum Gasteiger partial charge on any atom is -0.508 e. The number of likely N-dealkylation sites (N-methyl/N-ethyl adjacent to an activating group) is 1. The minimum atomic E-state index is -0.540. The van der Waals surface area contributed by atoms with Gasteiger partial charge in [0.2, 0.25) is 0 Å². The summed E-state index contributed by atoms with van der Waals surface area (Å²) in [5.41, 5.74) is 0.744. The molecule has 72 valence electrons. The Kier molecular flexibility index (Phi) is 3.28. The molecular formula is C10H15NO2. The van der Waals surface area contributed by atoms with Crippen LogP contribution in [0.2, 0.25) is 0 Å². The van der Waals surface area contributed by atoms with E-state index in [9.17, 15) is 10.2 Å². The van der Waals surface area contributed by atoms with Crippen LogP contribution >= 0.6 is 0 Å². The van der Waals surface area contributed by atoms with Gasteiger partial charge in [-0.05, 0) is 31.8 Å². The molecule has 0 saturated carbocycles. The molecule has 0 aromatic heterocycles. The van der Waals surface area contributed by atoms with Crippen LogP contribution in [0.1, 0.15) is 11.7 Å². The van der Waals surface area contributed by atoms with Gasteiger partial charge in [0, 0.05) is 6.54 Å². The van der Waals surface area contributed by atoms with Crippen LogP contribution in [0.3, 0.4) is 0 Å². The van der Waals surface area contributed by atoms with E-state index in [0.717, 1.165) is 5.56 Å². The highest BCUT2D eigenvalue weighted by Crippen LogP contribution is 2.18. The zero-order chi connectivity index (χ0) is 9.84. The van der Waals surface area contributed by atoms with Crippen LogP contribution in [-0.2, 0) is 0 Å². The molecule has 0 heterocycles. The molecule has 0 amide bonds. The normalized spacial score (nSPS) is 13.2. The van der Waals surface area contributed by atoms with Crippen LogP contribution < -0.4 is 0 Å². The summed E-state index contributed by atoms with van der Waals surface area (Å²) in [7, 11) is 3.79. The van der Waals surface area contributed by atoms with Crippen molar-refractivity contribution in [3.63, 3.8) is 0 Å². The molecule has 3 nitrogen and oxygen atoms in total. The van der Waals surface area contributed by atoms with Gasteiger partial charge in [0.1, 0.15) is 5.75 Å². The van der Waals surface area contributed by atoms with Crippen molar-refractivity contribution in [1.82, 2.24) is 4.90 Å². The van der Waals surface area contributed by atoms with Crippen molar-refractivity contribution < 1.29 is 10.2 Å². The molecule has 0 unspecified atom stereocenters. The van der Waals surface area contributed by atoms with Gasteiger partial charge in [-0.3, -0.25) is 0 Å². The quantitative estimate of drug-likeness (QED) is 0.730. The Morgan fingerprint density at radius 1 is 1.38 bits per heavy atom. The van der Waals surface area contributed by atoms with Gasteiger partial charge in [0.15, 0.2) is 0 Å². The molecule has 3 heteroatoms. The number of aromatic hydroxyl groups is 1. The number of phenols is 1. The maximum Gasteiger partial charge on any atom is 0.115 e. The number of aliphatic hydroxyl groups is 1. The smallest absolute Gasteiger partial charge is 0.115 e. The van der Waals surface area contributed by atoms with Crippen LogP contribution in [0.5, 0.6) is 5.75 Å². The fraction of sp³-hybridized carbons (Fsp3) is 0.400. The minimum absolute atomic E-state index is 0.190. The molecule has 0 bridgehead atoms. The first-order chi connectivity index (χ1) is 6.09. The van der Waals surface area contributed by atoms with E-state index in [1.54, 1.807) is 24.3 Å². The first-order valence-corrected chi connectivity index (χ1v) is 4.21. The number of rotatable bonds is 3. The Labute approximate surface area is 78.2 Å². The van der Waals surface area contributed by atoms with Gasteiger partial charge in [-0.2, -0.15) is 0 Å². The number of hydrogen-bond acceptors (Lipinski definition) is 3. The number of hydrogen-bond donors (Lipinski definition) is 2. The molecule has 2 N–H and O–H groups in total. The topological polar surface area (TPSA) is 43.7 Å². The van der Waals surface area contributed by atoms with Gasteiger partial charge < -0.3 is 15.1 Å². The third-order valence-corrected chi connectivity index (χ3v) is 1.79. The number of phenolic OH excluding ortho intramolecular Hbond substituents is 1. The second-order valence-electron chi connectivity index (χ2n) is 3.37. The Morgan fingerprint density at radius 2 is 2.08 bits per heavy atom.